The lowest BCUT2D eigenvalue weighted by molar-refractivity contribution is -0.113. The number of nitrogens with zero attached hydrogens (tertiary/aromatic N) is 3. The van der Waals surface area contributed by atoms with E-state index in [1.165, 1.54) is 28.7 Å². The van der Waals surface area contributed by atoms with Crippen LogP contribution in [-0.2, 0) is 11.2 Å². The van der Waals surface area contributed by atoms with Crippen molar-refractivity contribution in [2.24, 2.45) is 0 Å². The van der Waals surface area contributed by atoms with Crippen molar-refractivity contribution in [2.45, 2.75) is 37.4 Å². The van der Waals surface area contributed by atoms with E-state index >= 15 is 0 Å². The Morgan fingerprint density at radius 1 is 1.16 bits per heavy atom. The molecular formula is C24H22N4O2S2. The van der Waals surface area contributed by atoms with E-state index in [2.05, 4.69) is 46.5 Å². The van der Waals surface area contributed by atoms with Gasteiger partial charge in [-0.1, -0.05) is 55.1 Å². The van der Waals surface area contributed by atoms with Gasteiger partial charge in [-0.05, 0) is 37.0 Å². The van der Waals surface area contributed by atoms with Crippen LogP contribution in [0.25, 0.3) is 22.2 Å². The van der Waals surface area contributed by atoms with Gasteiger partial charge in [0, 0.05) is 17.0 Å². The molecule has 2 aromatic carbocycles. The highest BCUT2D eigenvalue weighted by Gasteiger charge is 2.28. The van der Waals surface area contributed by atoms with Crippen LogP contribution < -0.4 is 10.9 Å². The highest BCUT2D eigenvalue weighted by Crippen LogP contribution is 2.37. The minimum atomic E-state index is -0.165. The van der Waals surface area contributed by atoms with E-state index < -0.39 is 0 Å². The van der Waals surface area contributed by atoms with Crippen molar-refractivity contribution in [3.8, 4) is 11.3 Å². The van der Waals surface area contributed by atoms with Gasteiger partial charge in [-0.2, -0.15) is 0 Å². The molecule has 0 aliphatic heterocycles. The number of amides is 1. The van der Waals surface area contributed by atoms with E-state index in [-0.39, 0.29) is 23.3 Å². The predicted molar refractivity (Wildman–Crippen MR) is 131 cm³/mol. The Hall–Kier alpha value is -2.97. The molecule has 1 amide bonds. The normalized spacial score (nSPS) is 13.4. The Kier molecular flexibility index (Phi) is 5.80. The van der Waals surface area contributed by atoms with Gasteiger partial charge in [0.05, 0.1) is 22.3 Å². The van der Waals surface area contributed by atoms with Gasteiger partial charge in [0.25, 0.3) is 5.56 Å². The van der Waals surface area contributed by atoms with Gasteiger partial charge in [-0.15, -0.1) is 11.3 Å². The Bertz CT molecular complexity index is 1340. The largest absolute Gasteiger partial charge is 0.301 e. The second kappa shape index (κ2) is 8.88. The quantitative estimate of drug-likeness (QED) is 0.304. The van der Waals surface area contributed by atoms with Gasteiger partial charge in [0.15, 0.2) is 10.3 Å². The summed E-state index contributed by atoms with van der Waals surface area (Å²) in [5.41, 5.74) is 3.79. The summed E-state index contributed by atoms with van der Waals surface area (Å²) in [6.07, 6.45) is 2.94. The summed E-state index contributed by atoms with van der Waals surface area (Å²) in [5.74, 6) is -0.000532. The van der Waals surface area contributed by atoms with Crippen molar-refractivity contribution >= 4 is 45.0 Å². The molecule has 6 nitrogen and oxygen atoms in total. The standard InChI is InChI=1S/C24H22N4O2S2/c1-2-15-7-9-16(10-8-15)20-13-31-23(25-20)27-21(29)14-32-24-26-19-6-4-3-5-18(19)22(30)28(24)17-11-12-17/h3-10,13,17H,2,11-12,14H2,1H3,(H,25,27,29). The number of thioether (sulfide) groups is 1. The summed E-state index contributed by atoms with van der Waals surface area (Å²) in [6.45, 7) is 2.13. The van der Waals surface area contributed by atoms with E-state index in [9.17, 15) is 9.59 Å². The molecule has 0 saturated heterocycles. The van der Waals surface area contributed by atoms with Crippen LogP contribution in [0, 0.1) is 0 Å². The summed E-state index contributed by atoms with van der Waals surface area (Å²) in [6, 6.07) is 15.8. The summed E-state index contributed by atoms with van der Waals surface area (Å²) < 4.78 is 1.75. The van der Waals surface area contributed by atoms with Crippen molar-refractivity contribution in [3.63, 3.8) is 0 Å². The Balaban J connectivity index is 1.28. The highest BCUT2D eigenvalue weighted by atomic mass is 32.2. The second-order valence-electron chi connectivity index (χ2n) is 7.74. The third kappa shape index (κ3) is 4.33. The summed E-state index contributed by atoms with van der Waals surface area (Å²) in [5, 5.41) is 6.60. The molecule has 162 valence electrons. The number of fused-ring (bicyclic) bond motifs is 1. The number of thiazole rings is 1. The molecule has 1 saturated carbocycles. The van der Waals surface area contributed by atoms with E-state index in [0.717, 1.165) is 30.5 Å². The first-order valence-electron chi connectivity index (χ1n) is 10.6. The first-order valence-corrected chi connectivity index (χ1v) is 12.5. The number of aromatic nitrogens is 3. The molecule has 0 bridgehead atoms. The molecule has 2 aromatic heterocycles. The third-order valence-corrected chi connectivity index (χ3v) is 7.14. The van der Waals surface area contributed by atoms with E-state index in [1.54, 1.807) is 10.6 Å². The van der Waals surface area contributed by atoms with Gasteiger partial charge in [-0.3, -0.25) is 14.2 Å². The number of aryl methyl sites for hydroxylation is 1. The number of benzene rings is 2. The van der Waals surface area contributed by atoms with Crippen molar-refractivity contribution < 1.29 is 4.79 Å². The van der Waals surface area contributed by atoms with Crippen molar-refractivity contribution in [1.29, 1.82) is 0 Å². The minimum absolute atomic E-state index is 0.0281. The van der Waals surface area contributed by atoms with E-state index in [4.69, 9.17) is 0 Å². The third-order valence-electron chi connectivity index (χ3n) is 5.43. The molecule has 1 fully saturated rings. The SMILES string of the molecule is CCc1ccc(-c2csc(NC(=O)CSc3nc4ccccc4c(=O)n3C3CC3)n2)cc1. The lowest BCUT2D eigenvalue weighted by atomic mass is 10.1. The summed E-state index contributed by atoms with van der Waals surface area (Å²) >= 11 is 2.70. The number of nitrogens with one attached hydrogen (secondary N) is 1. The van der Waals surface area contributed by atoms with Crippen LogP contribution in [-0.4, -0.2) is 26.2 Å². The minimum Gasteiger partial charge on any atom is -0.301 e. The number of carbonyl (C=O) groups excluding carboxylic acids is 1. The fourth-order valence-corrected chi connectivity index (χ4v) is 5.14. The first kappa shape index (κ1) is 20.9. The van der Waals surface area contributed by atoms with Crippen LogP contribution in [0.5, 0.6) is 0 Å². The van der Waals surface area contributed by atoms with Crippen LogP contribution in [0.15, 0.2) is 63.9 Å². The molecule has 0 radical (unpaired) electrons. The number of hydrogen-bond acceptors (Lipinski definition) is 6. The van der Waals surface area contributed by atoms with Gasteiger partial charge in [0.1, 0.15) is 0 Å². The number of para-hydroxylation sites is 1. The van der Waals surface area contributed by atoms with Crippen LogP contribution in [0.3, 0.4) is 0 Å². The second-order valence-corrected chi connectivity index (χ2v) is 9.54. The van der Waals surface area contributed by atoms with Gasteiger partial charge in [0.2, 0.25) is 5.91 Å². The van der Waals surface area contributed by atoms with Crippen LogP contribution in [0.1, 0.15) is 31.4 Å². The van der Waals surface area contributed by atoms with Crippen LogP contribution in [0.4, 0.5) is 5.13 Å². The molecule has 4 aromatic rings. The topological polar surface area (TPSA) is 76.9 Å². The lowest BCUT2D eigenvalue weighted by Gasteiger charge is -2.12. The molecule has 8 heteroatoms. The fourth-order valence-electron chi connectivity index (χ4n) is 3.54. The monoisotopic (exact) mass is 462 g/mol. The Morgan fingerprint density at radius 3 is 2.69 bits per heavy atom. The van der Waals surface area contributed by atoms with Gasteiger partial charge in [-0.25, -0.2) is 9.97 Å². The van der Waals surface area contributed by atoms with Crippen molar-refractivity contribution in [2.75, 3.05) is 11.1 Å². The van der Waals surface area contributed by atoms with E-state index in [0.29, 0.717) is 21.2 Å². The maximum atomic E-state index is 12.9. The number of hydrogen-bond donors (Lipinski definition) is 1. The molecule has 2 heterocycles. The van der Waals surface area contributed by atoms with Crippen molar-refractivity contribution in [3.05, 3.63) is 69.8 Å². The number of rotatable bonds is 7. The average Bonchev–Trinajstić information content (AvgIpc) is 3.55. The number of anilines is 1. The zero-order valence-corrected chi connectivity index (χ0v) is 19.2. The smallest absolute Gasteiger partial charge is 0.262 e. The molecule has 0 atom stereocenters. The van der Waals surface area contributed by atoms with Gasteiger partial charge < -0.3 is 5.32 Å². The van der Waals surface area contributed by atoms with Crippen LogP contribution in [0.2, 0.25) is 0 Å². The molecule has 32 heavy (non-hydrogen) atoms. The molecule has 1 aliphatic rings. The zero-order valence-electron chi connectivity index (χ0n) is 17.6. The Morgan fingerprint density at radius 2 is 1.94 bits per heavy atom. The molecule has 0 spiro atoms. The summed E-state index contributed by atoms with van der Waals surface area (Å²) in [7, 11) is 0. The lowest BCUT2D eigenvalue weighted by Crippen LogP contribution is -2.23. The Labute approximate surface area is 193 Å². The first-order chi connectivity index (χ1) is 15.6. The van der Waals surface area contributed by atoms with Crippen molar-refractivity contribution in [1.82, 2.24) is 14.5 Å². The van der Waals surface area contributed by atoms with Crippen LogP contribution >= 0.6 is 23.1 Å². The molecule has 1 N–H and O–H groups in total. The zero-order chi connectivity index (χ0) is 22.1. The fraction of sp³-hybridized carbons (Fsp3) is 0.250. The van der Waals surface area contributed by atoms with Gasteiger partial charge >= 0.3 is 0 Å². The molecule has 5 rings (SSSR count). The molecular weight excluding hydrogens is 440 g/mol. The predicted octanol–water partition coefficient (Wildman–Crippen LogP) is 5.15. The van der Waals surface area contributed by atoms with E-state index in [1.807, 2.05) is 23.6 Å². The molecule has 1 aliphatic carbocycles. The average molecular weight is 463 g/mol. The highest BCUT2D eigenvalue weighted by molar-refractivity contribution is 7.99. The summed E-state index contributed by atoms with van der Waals surface area (Å²) in [4.78, 5) is 34.7. The maximum Gasteiger partial charge on any atom is 0.262 e. The number of carbonyl (C=O) groups is 1. The molecule has 0 unspecified atom stereocenters. The maximum absolute atomic E-state index is 12.9.